The van der Waals surface area contributed by atoms with Crippen LogP contribution in [0.3, 0.4) is 0 Å². The van der Waals surface area contributed by atoms with Crippen molar-refractivity contribution in [3.63, 3.8) is 0 Å². The van der Waals surface area contributed by atoms with E-state index in [9.17, 15) is 9.59 Å². The van der Waals surface area contributed by atoms with E-state index < -0.39 is 5.91 Å². The molecule has 0 radical (unpaired) electrons. The number of rotatable bonds is 11. The number of anilines is 1. The highest BCUT2D eigenvalue weighted by Crippen LogP contribution is 2.39. The summed E-state index contributed by atoms with van der Waals surface area (Å²) >= 11 is 2.75. The van der Waals surface area contributed by atoms with Crippen molar-refractivity contribution in [2.75, 3.05) is 17.7 Å². The third-order valence-corrected chi connectivity index (χ3v) is 8.20. The molecular formula is C27H33N5O3S2. The van der Waals surface area contributed by atoms with Crippen LogP contribution in [0.15, 0.2) is 42.1 Å². The molecule has 4 rings (SSSR count). The molecule has 1 unspecified atom stereocenters. The van der Waals surface area contributed by atoms with Crippen LogP contribution in [0.2, 0.25) is 0 Å². The molecule has 0 aliphatic heterocycles. The molecule has 0 spiro atoms. The zero-order valence-electron chi connectivity index (χ0n) is 21.5. The van der Waals surface area contributed by atoms with Gasteiger partial charge < -0.3 is 15.8 Å². The van der Waals surface area contributed by atoms with Gasteiger partial charge in [-0.25, -0.2) is 0 Å². The first-order chi connectivity index (χ1) is 17.8. The Bertz CT molecular complexity index is 1280. The van der Waals surface area contributed by atoms with Crippen molar-refractivity contribution >= 4 is 39.9 Å². The quantitative estimate of drug-likeness (QED) is 0.256. The Kier molecular flexibility index (Phi) is 8.71. The summed E-state index contributed by atoms with van der Waals surface area (Å²) in [6.45, 7) is 11.4. The number of aromatic nitrogens is 3. The predicted molar refractivity (Wildman–Crippen MR) is 149 cm³/mol. The third-order valence-electron chi connectivity index (χ3n) is 6.07. The van der Waals surface area contributed by atoms with E-state index in [0.29, 0.717) is 46.5 Å². The second kappa shape index (κ2) is 12.0. The van der Waals surface area contributed by atoms with Crippen molar-refractivity contribution in [1.29, 1.82) is 0 Å². The van der Waals surface area contributed by atoms with Gasteiger partial charge in [0, 0.05) is 17.0 Å². The number of nitrogens with one attached hydrogen (secondary N) is 1. The van der Waals surface area contributed by atoms with Crippen LogP contribution in [0.4, 0.5) is 5.00 Å². The fourth-order valence-corrected chi connectivity index (χ4v) is 6.44. The van der Waals surface area contributed by atoms with Gasteiger partial charge in [-0.05, 0) is 60.9 Å². The van der Waals surface area contributed by atoms with Gasteiger partial charge in [0.2, 0.25) is 5.91 Å². The number of amides is 2. The third kappa shape index (κ3) is 6.42. The molecule has 3 aromatic rings. The molecule has 10 heteroatoms. The van der Waals surface area contributed by atoms with Gasteiger partial charge in [0.25, 0.3) is 5.91 Å². The number of nitrogens with zero attached hydrogens (tertiary/aromatic N) is 3. The molecule has 1 atom stereocenters. The first-order valence-corrected chi connectivity index (χ1v) is 14.2. The summed E-state index contributed by atoms with van der Waals surface area (Å²) in [6.07, 6.45) is 4.51. The zero-order chi connectivity index (χ0) is 26.5. The minimum Gasteiger partial charge on any atom is -0.493 e. The first-order valence-electron chi connectivity index (χ1n) is 12.4. The maximum Gasteiger partial charge on any atom is 0.251 e. The maximum atomic E-state index is 12.9. The summed E-state index contributed by atoms with van der Waals surface area (Å²) in [7, 11) is 0. The molecule has 2 amide bonds. The summed E-state index contributed by atoms with van der Waals surface area (Å²) in [4.78, 5) is 26.2. The summed E-state index contributed by atoms with van der Waals surface area (Å²) in [5.41, 5.74) is 8.03. The van der Waals surface area contributed by atoms with Gasteiger partial charge in [-0.15, -0.1) is 28.1 Å². The molecule has 1 aliphatic rings. The van der Waals surface area contributed by atoms with Gasteiger partial charge in [-0.1, -0.05) is 38.6 Å². The summed E-state index contributed by atoms with van der Waals surface area (Å²) < 4.78 is 7.70. The topological polar surface area (TPSA) is 112 Å². The number of allylic oxidation sites excluding steroid dienone is 1. The van der Waals surface area contributed by atoms with Crippen molar-refractivity contribution in [3.05, 3.63) is 52.9 Å². The predicted octanol–water partition coefficient (Wildman–Crippen LogP) is 5.18. The van der Waals surface area contributed by atoms with Crippen LogP contribution in [0.1, 0.15) is 48.0 Å². The van der Waals surface area contributed by atoms with E-state index in [1.54, 1.807) is 6.08 Å². The molecule has 0 saturated carbocycles. The smallest absolute Gasteiger partial charge is 0.251 e. The molecule has 2 aromatic heterocycles. The Morgan fingerprint density at radius 3 is 2.76 bits per heavy atom. The van der Waals surface area contributed by atoms with Crippen LogP contribution in [-0.4, -0.2) is 38.9 Å². The summed E-state index contributed by atoms with van der Waals surface area (Å²) in [5, 5.41) is 12.8. The summed E-state index contributed by atoms with van der Waals surface area (Å²) in [5.74, 6) is 1.90. The first kappa shape index (κ1) is 26.9. The molecule has 1 aliphatic carbocycles. The molecule has 0 fully saturated rings. The highest BCUT2D eigenvalue weighted by Gasteiger charge is 2.27. The van der Waals surface area contributed by atoms with Gasteiger partial charge in [0.05, 0.1) is 17.9 Å². The minimum absolute atomic E-state index is 0.119. The second-order valence-corrected chi connectivity index (χ2v) is 11.7. The number of benzene rings is 1. The van der Waals surface area contributed by atoms with Crippen molar-refractivity contribution in [2.45, 2.75) is 51.7 Å². The van der Waals surface area contributed by atoms with Crippen LogP contribution in [-0.2, 0) is 24.2 Å². The number of hydrogen-bond donors (Lipinski definition) is 2. The van der Waals surface area contributed by atoms with Crippen molar-refractivity contribution in [2.24, 2.45) is 17.6 Å². The number of thiophene rings is 1. The molecule has 0 bridgehead atoms. The van der Waals surface area contributed by atoms with E-state index in [4.69, 9.17) is 10.5 Å². The van der Waals surface area contributed by atoms with Gasteiger partial charge in [-0.2, -0.15) is 0 Å². The Balaban J connectivity index is 1.45. The fraction of sp³-hybridized carbons (Fsp3) is 0.407. The lowest BCUT2D eigenvalue weighted by Gasteiger charge is -2.18. The fourth-order valence-electron chi connectivity index (χ4n) is 4.26. The standard InChI is InChI=1S/C27H33N5O3S2/c1-5-12-32-25(18-7-9-19(10-8-18)35-14-16(2)3)30-31-27(32)36-15-22(33)29-26-23(24(28)34)20-11-6-17(4)13-21(20)37-26/h5,7-10,16-17H,1,6,11-15H2,2-4H3,(H2,28,34)(H,29,33). The molecule has 8 nitrogen and oxygen atoms in total. The number of carbonyl (C=O) groups is 2. The van der Waals surface area contributed by atoms with E-state index in [-0.39, 0.29) is 11.7 Å². The number of primary amides is 1. The molecule has 37 heavy (non-hydrogen) atoms. The normalized spacial score (nSPS) is 14.9. The number of carbonyl (C=O) groups excluding carboxylic acids is 2. The molecule has 0 saturated heterocycles. The SMILES string of the molecule is C=CCn1c(SCC(=O)Nc2sc3c(c2C(N)=O)CCC(C)C3)nnc1-c1ccc(OCC(C)C)cc1. The van der Waals surface area contributed by atoms with E-state index in [1.165, 1.54) is 23.1 Å². The number of fused-ring (bicyclic) bond motifs is 1. The van der Waals surface area contributed by atoms with Crippen LogP contribution in [0.5, 0.6) is 5.75 Å². The minimum atomic E-state index is -0.494. The number of nitrogens with two attached hydrogens (primary N) is 1. The van der Waals surface area contributed by atoms with E-state index in [1.807, 2.05) is 28.8 Å². The van der Waals surface area contributed by atoms with Crippen LogP contribution in [0.25, 0.3) is 11.4 Å². The lowest BCUT2D eigenvalue weighted by atomic mass is 9.88. The van der Waals surface area contributed by atoms with Gasteiger partial charge in [0.15, 0.2) is 11.0 Å². The van der Waals surface area contributed by atoms with Gasteiger partial charge in [-0.3, -0.25) is 14.2 Å². The molecule has 3 N–H and O–H groups in total. The number of ether oxygens (including phenoxy) is 1. The van der Waals surface area contributed by atoms with Crippen molar-refractivity contribution in [3.8, 4) is 17.1 Å². The lowest BCUT2D eigenvalue weighted by Crippen LogP contribution is -2.20. The maximum absolute atomic E-state index is 12.9. The Labute approximate surface area is 225 Å². The van der Waals surface area contributed by atoms with Crippen LogP contribution >= 0.6 is 23.1 Å². The molecule has 1 aromatic carbocycles. The largest absolute Gasteiger partial charge is 0.493 e. The van der Waals surface area contributed by atoms with Gasteiger partial charge >= 0.3 is 0 Å². The van der Waals surface area contributed by atoms with Crippen LogP contribution in [0, 0.1) is 11.8 Å². The van der Waals surface area contributed by atoms with E-state index >= 15 is 0 Å². The number of hydrogen-bond acceptors (Lipinski definition) is 7. The molecular weight excluding hydrogens is 506 g/mol. The van der Waals surface area contributed by atoms with Crippen LogP contribution < -0.4 is 15.8 Å². The van der Waals surface area contributed by atoms with Crippen molar-refractivity contribution in [1.82, 2.24) is 14.8 Å². The average molecular weight is 540 g/mol. The Morgan fingerprint density at radius 2 is 2.08 bits per heavy atom. The number of thioether (sulfide) groups is 1. The van der Waals surface area contributed by atoms with Crippen molar-refractivity contribution < 1.29 is 14.3 Å². The highest BCUT2D eigenvalue weighted by atomic mass is 32.2. The second-order valence-electron chi connectivity index (χ2n) is 9.69. The average Bonchev–Trinajstić information content (AvgIpc) is 3.42. The Morgan fingerprint density at radius 1 is 1.32 bits per heavy atom. The van der Waals surface area contributed by atoms with E-state index in [0.717, 1.165) is 41.0 Å². The highest BCUT2D eigenvalue weighted by molar-refractivity contribution is 7.99. The van der Waals surface area contributed by atoms with Gasteiger partial charge in [0.1, 0.15) is 10.8 Å². The molecule has 2 heterocycles. The lowest BCUT2D eigenvalue weighted by molar-refractivity contribution is -0.113. The zero-order valence-corrected chi connectivity index (χ0v) is 23.1. The van der Waals surface area contributed by atoms with E-state index in [2.05, 4.69) is 42.9 Å². The Hall–Kier alpha value is -3.11. The molecule has 196 valence electrons. The summed E-state index contributed by atoms with van der Waals surface area (Å²) in [6, 6.07) is 7.74. The monoisotopic (exact) mass is 539 g/mol.